The summed E-state index contributed by atoms with van der Waals surface area (Å²) in [5.41, 5.74) is -0.429. The Bertz CT molecular complexity index is 199. The maximum Gasteiger partial charge on any atom is 0.226 e. The molecule has 0 unspecified atom stereocenters. The molecular formula is C11H20ClNO. The third-order valence-corrected chi connectivity index (χ3v) is 3.68. The number of halogens is 1. The summed E-state index contributed by atoms with van der Waals surface area (Å²) < 4.78 is 0. The Kier molecular flexibility index (Phi) is 4.24. The van der Waals surface area contributed by atoms with Crippen LogP contribution in [0.1, 0.15) is 39.5 Å². The van der Waals surface area contributed by atoms with Crippen LogP contribution in [0.2, 0.25) is 0 Å². The topological polar surface area (TPSA) is 29.1 Å². The Morgan fingerprint density at radius 1 is 1.50 bits per heavy atom. The lowest BCUT2D eigenvalue weighted by Crippen LogP contribution is -2.39. The van der Waals surface area contributed by atoms with Crippen molar-refractivity contribution in [2.45, 2.75) is 39.5 Å². The zero-order chi connectivity index (χ0) is 10.6. The molecule has 2 nitrogen and oxygen atoms in total. The average molecular weight is 218 g/mol. The number of rotatable bonds is 5. The van der Waals surface area contributed by atoms with E-state index in [0.29, 0.717) is 5.88 Å². The summed E-state index contributed by atoms with van der Waals surface area (Å²) in [5, 5.41) is 2.95. The van der Waals surface area contributed by atoms with Crippen LogP contribution in [0, 0.1) is 11.3 Å². The van der Waals surface area contributed by atoms with Gasteiger partial charge in [-0.25, -0.2) is 0 Å². The first-order valence-electron chi connectivity index (χ1n) is 5.40. The standard InChI is InChI=1S/C11H20ClNO/c1-11(2,8-12)10(14)13-7-6-9-4-3-5-9/h9H,3-8H2,1-2H3,(H,13,14). The van der Waals surface area contributed by atoms with Gasteiger partial charge in [0.2, 0.25) is 5.91 Å². The summed E-state index contributed by atoms with van der Waals surface area (Å²) in [6, 6.07) is 0. The van der Waals surface area contributed by atoms with Gasteiger partial charge in [-0.1, -0.05) is 19.3 Å². The number of hydrogen-bond acceptors (Lipinski definition) is 1. The van der Waals surface area contributed by atoms with Gasteiger partial charge >= 0.3 is 0 Å². The van der Waals surface area contributed by atoms with Gasteiger partial charge in [0.25, 0.3) is 0 Å². The predicted octanol–water partition coefficient (Wildman–Crippen LogP) is 2.56. The highest BCUT2D eigenvalue weighted by Gasteiger charge is 2.26. The Morgan fingerprint density at radius 3 is 2.57 bits per heavy atom. The third kappa shape index (κ3) is 3.16. The largest absolute Gasteiger partial charge is 0.356 e. The van der Waals surface area contributed by atoms with Gasteiger partial charge in [-0.3, -0.25) is 4.79 Å². The molecule has 1 fully saturated rings. The quantitative estimate of drug-likeness (QED) is 0.705. The Labute approximate surface area is 91.4 Å². The molecule has 0 aliphatic heterocycles. The first-order chi connectivity index (χ1) is 6.56. The highest BCUT2D eigenvalue weighted by molar-refractivity contribution is 6.19. The van der Waals surface area contributed by atoms with Crippen molar-refractivity contribution < 1.29 is 4.79 Å². The van der Waals surface area contributed by atoms with Crippen molar-refractivity contribution in [2.75, 3.05) is 12.4 Å². The zero-order valence-electron chi connectivity index (χ0n) is 9.11. The van der Waals surface area contributed by atoms with E-state index >= 15 is 0 Å². The fourth-order valence-electron chi connectivity index (χ4n) is 1.47. The molecule has 0 atom stereocenters. The van der Waals surface area contributed by atoms with Gasteiger partial charge in [-0.05, 0) is 26.2 Å². The van der Waals surface area contributed by atoms with Crippen molar-refractivity contribution in [2.24, 2.45) is 11.3 Å². The fourth-order valence-corrected chi connectivity index (χ4v) is 1.59. The lowest BCUT2D eigenvalue weighted by Gasteiger charge is -2.26. The van der Waals surface area contributed by atoms with Crippen LogP contribution in [0.5, 0.6) is 0 Å². The molecule has 0 saturated heterocycles. The molecule has 0 aromatic carbocycles. The molecule has 0 aromatic rings. The maximum absolute atomic E-state index is 11.6. The second kappa shape index (κ2) is 5.01. The van der Waals surface area contributed by atoms with E-state index in [1.54, 1.807) is 0 Å². The Balaban J connectivity index is 2.13. The lowest BCUT2D eigenvalue weighted by atomic mass is 9.83. The van der Waals surface area contributed by atoms with E-state index in [0.717, 1.165) is 18.9 Å². The summed E-state index contributed by atoms with van der Waals surface area (Å²) in [6.45, 7) is 4.56. The molecule has 3 heteroatoms. The second-order valence-electron chi connectivity index (χ2n) is 4.86. The van der Waals surface area contributed by atoms with Crippen molar-refractivity contribution in [3.05, 3.63) is 0 Å². The molecule has 1 saturated carbocycles. The van der Waals surface area contributed by atoms with E-state index in [4.69, 9.17) is 11.6 Å². The van der Waals surface area contributed by atoms with Crippen molar-refractivity contribution >= 4 is 17.5 Å². The smallest absolute Gasteiger partial charge is 0.226 e. The van der Waals surface area contributed by atoms with Gasteiger partial charge in [0.1, 0.15) is 0 Å². The molecule has 1 amide bonds. The second-order valence-corrected chi connectivity index (χ2v) is 5.13. The van der Waals surface area contributed by atoms with Crippen LogP contribution in [0.25, 0.3) is 0 Å². The molecule has 1 aliphatic rings. The van der Waals surface area contributed by atoms with Crippen LogP contribution >= 0.6 is 11.6 Å². The maximum atomic E-state index is 11.6. The van der Waals surface area contributed by atoms with Gasteiger partial charge in [0, 0.05) is 12.4 Å². The molecule has 1 rings (SSSR count). The van der Waals surface area contributed by atoms with Crippen molar-refractivity contribution in [3.63, 3.8) is 0 Å². The minimum atomic E-state index is -0.429. The average Bonchev–Trinajstić information content (AvgIpc) is 2.08. The van der Waals surface area contributed by atoms with E-state index in [1.165, 1.54) is 19.3 Å². The van der Waals surface area contributed by atoms with Crippen LogP contribution in [0.15, 0.2) is 0 Å². The van der Waals surface area contributed by atoms with Gasteiger partial charge in [0.05, 0.1) is 5.41 Å². The number of hydrogen-bond donors (Lipinski definition) is 1. The summed E-state index contributed by atoms with van der Waals surface area (Å²) in [4.78, 5) is 11.6. The highest BCUT2D eigenvalue weighted by Crippen LogP contribution is 2.28. The van der Waals surface area contributed by atoms with E-state index in [9.17, 15) is 4.79 Å². The number of carbonyl (C=O) groups is 1. The molecule has 0 heterocycles. The predicted molar refractivity (Wildman–Crippen MR) is 59.5 cm³/mol. The molecule has 1 N–H and O–H groups in total. The van der Waals surface area contributed by atoms with Gasteiger partial charge in [-0.15, -0.1) is 11.6 Å². The van der Waals surface area contributed by atoms with E-state index < -0.39 is 5.41 Å². The number of amides is 1. The third-order valence-electron chi connectivity index (χ3n) is 3.01. The Morgan fingerprint density at radius 2 is 2.14 bits per heavy atom. The summed E-state index contributed by atoms with van der Waals surface area (Å²) in [6.07, 6.45) is 5.18. The van der Waals surface area contributed by atoms with Gasteiger partial charge in [0.15, 0.2) is 0 Å². The molecule has 0 radical (unpaired) electrons. The van der Waals surface area contributed by atoms with Gasteiger partial charge < -0.3 is 5.32 Å². The molecule has 14 heavy (non-hydrogen) atoms. The number of carbonyl (C=O) groups excluding carboxylic acids is 1. The van der Waals surface area contributed by atoms with Crippen molar-refractivity contribution in [1.29, 1.82) is 0 Å². The number of alkyl halides is 1. The van der Waals surface area contributed by atoms with Crippen LogP contribution in [0.3, 0.4) is 0 Å². The lowest BCUT2D eigenvalue weighted by molar-refractivity contribution is -0.128. The van der Waals surface area contributed by atoms with Crippen molar-refractivity contribution in [3.8, 4) is 0 Å². The SMILES string of the molecule is CC(C)(CCl)C(=O)NCCC1CCC1. The van der Waals surface area contributed by atoms with E-state index in [1.807, 2.05) is 13.8 Å². The highest BCUT2D eigenvalue weighted by atomic mass is 35.5. The molecule has 0 aromatic heterocycles. The molecular weight excluding hydrogens is 198 g/mol. The minimum absolute atomic E-state index is 0.0758. The fraction of sp³-hybridized carbons (Fsp3) is 0.909. The van der Waals surface area contributed by atoms with Crippen LogP contribution in [-0.4, -0.2) is 18.3 Å². The summed E-state index contributed by atoms with van der Waals surface area (Å²) >= 11 is 5.71. The molecule has 82 valence electrons. The van der Waals surface area contributed by atoms with Crippen LogP contribution in [0.4, 0.5) is 0 Å². The monoisotopic (exact) mass is 217 g/mol. The normalized spacial score (nSPS) is 17.6. The van der Waals surface area contributed by atoms with Crippen molar-refractivity contribution in [1.82, 2.24) is 5.32 Å². The molecule has 0 spiro atoms. The minimum Gasteiger partial charge on any atom is -0.356 e. The first kappa shape index (κ1) is 11.8. The zero-order valence-corrected chi connectivity index (χ0v) is 9.86. The van der Waals surface area contributed by atoms with E-state index in [2.05, 4.69) is 5.32 Å². The first-order valence-corrected chi connectivity index (χ1v) is 5.94. The summed E-state index contributed by atoms with van der Waals surface area (Å²) in [7, 11) is 0. The van der Waals surface area contributed by atoms with Crippen LogP contribution < -0.4 is 5.32 Å². The van der Waals surface area contributed by atoms with E-state index in [-0.39, 0.29) is 5.91 Å². The Hall–Kier alpha value is -0.240. The molecule has 0 bridgehead atoms. The van der Waals surface area contributed by atoms with Gasteiger partial charge in [-0.2, -0.15) is 0 Å². The number of nitrogens with one attached hydrogen (secondary N) is 1. The summed E-state index contributed by atoms with van der Waals surface area (Å²) in [5.74, 6) is 1.31. The van der Waals surface area contributed by atoms with Crippen LogP contribution in [-0.2, 0) is 4.79 Å². The molecule has 1 aliphatic carbocycles.